The molecular formula is C26H29N3O3S2. The first kappa shape index (κ1) is 24.3. The number of amides is 1. The van der Waals surface area contributed by atoms with Crippen molar-refractivity contribution in [3.05, 3.63) is 74.6 Å². The summed E-state index contributed by atoms with van der Waals surface area (Å²) in [6.45, 7) is 9.24. The van der Waals surface area contributed by atoms with E-state index in [0.717, 1.165) is 41.5 Å². The van der Waals surface area contributed by atoms with Gasteiger partial charge in [0.2, 0.25) is 5.78 Å². The van der Waals surface area contributed by atoms with Crippen LogP contribution in [0.4, 0.5) is 0 Å². The maximum atomic E-state index is 13.8. The number of aliphatic hydroxyl groups excluding tert-OH is 1. The summed E-state index contributed by atoms with van der Waals surface area (Å²) in [5.74, 6) is -1.25. The zero-order valence-electron chi connectivity index (χ0n) is 19.7. The summed E-state index contributed by atoms with van der Waals surface area (Å²) >= 11 is 2.79. The number of aliphatic hydroxyl groups is 1. The molecule has 2 aromatic heterocycles. The number of nitrogens with zero attached hydrogens (tertiary/aromatic N) is 3. The van der Waals surface area contributed by atoms with Crippen LogP contribution in [-0.4, -0.2) is 57.8 Å². The van der Waals surface area contributed by atoms with Crippen LogP contribution in [-0.2, 0) is 4.79 Å². The average molecular weight is 496 g/mol. The van der Waals surface area contributed by atoms with Crippen LogP contribution in [0.15, 0.2) is 59.2 Å². The highest BCUT2D eigenvalue weighted by atomic mass is 32.1. The molecule has 0 saturated carbocycles. The van der Waals surface area contributed by atoms with Gasteiger partial charge >= 0.3 is 0 Å². The summed E-state index contributed by atoms with van der Waals surface area (Å²) in [6.07, 6.45) is 0.766. The second-order valence-corrected chi connectivity index (χ2v) is 10.2. The number of rotatable bonds is 10. The Bertz CT molecular complexity index is 1180. The Balaban J connectivity index is 1.65. The van der Waals surface area contributed by atoms with E-state index < -0.39 is 17.7 Å². The summed E-state index contributed by atoms with van der Waals surface area (Å²) in [4.78, 5) is 36.8. The number of thiophene rings is 1. The van der Waals surface area contributed by atoms with Gasteiger partial charge in [0, 0.05) is 17.0 Å². The van der Waals surface area contributed by atoms with Crippen molar-refractivity contribution in [1.29, 1.82) is 0 Å². The first-order chi connectivity index (χ1) is 16.5. The maximum absolute atomic E-state index is 13.8. The molecule has 1 amide bonds. The second kappa shape index (κ2) is 10.6. The number of aryl methyl sites for hydroxylation is 1. The number of benzene rings is 1. The molecule has 8 heteroatoms. The van der Waals surface area contributed by atoms with Gasteiger partial charge < -0.3 is 14.9 Å². The number of carbonyl (C=O) groups excluding carboxylic acids is 2. The van der Waals surface area contributed by atoms with E-state index in [9.17, 15) is 14.7 Å². The third kappa shape index (κ3) is 4.71. The third-order valence-corrected chi connectivity index (χ3v) is 8.28. The molecule has 4 rings (SSSR count). The maximum Gasteiger partial charge on any atom is 0.290 e. The highest BCUT2D eigenvalue weighted by Gasteiger charge is 2.44. The van der Waals surface area contributed by atoms with Gasteiger partial charge in [0.1, 0.15) is 5.01 Å². The molecule has 1 N–H and O–H groups in total. The van der Waals surface area contributed by atoms with E-state index in [1.807, 2.05) is 47.8 Å². The molecule has 1 aliphatic rings. The molecule has 34 heavy (non-hydrogen) atoms. The van der Waals surface area contributed by atoms with E-state index in [0.29, 0.717) is 17.1 Å². The molecule has 3 aromatic rings. The Hall–Kier alpha value is -2.81. The van der Waals surface area contributed by atoms with Crippen LogP contribution in [0.25, 0.3) is 10.6 Å². The minimum atomic E-state index is -0.585. The zero-order chi connectivity index (χ0) is 24.2. The summed E-state index contributed by atoms with van der Waals surface area (Å²) < 4.78 is 0. The highest BCUT2D eigenvalue weighted by Crippen LogP contribution is 2.42. The summed E-state index contributed by atoms with van der Waals surface area (Å²) in [5.41, 5.74) is 1.69. The lowest BCUT2D eigenvalue weighted by atomic mass is 10.00. The van der Waals surface area contributed by atoms with Gasteiger partial charge in [-0.3, -0.25) is 9.59 Å². The molecule has 6 nitrogen and oxygen atoms in total. The zero-order valence-corrected chi connectivity index (χ0v) is 21.3. The topological polar surface area (TPSA) is 73.7 Å². The van der Waals surface area contributed by atoms with Crippen LogP contribution >= 0.6 is 22.7 Å². The Labute approximate surface area is 208 Å². The van der Waals surface area contributed by atoms with Gasteiger partial charge in [-0.25, -0.2) is 4.98 Å². The first-order valence-corrected chi connectivity index (χ1v) is 13.2. The van der Waals surface area contributed by atoms with Crippen LogP contribution in [0.3, 0.4) is 0 Å². The smallest absolute Gasteiger partial charge is 0.290 e. The summed E-state index contributed by atoms with van der Waals surface area (Å²) in [6, 6.07) is 12.9. The van der Waals surface area contributed by atoms with Crippen LogP contribution in [0.5, 0.6) is 0 Å². The molecule has 0 saturated heterocycles. The monoisotopic (exact) mass is 495 g/mol. The number of carbonyl (C=O) groups is 2. The lowest BCUT2D eigenvalue weighted by Crippen LogP contribution is -2.34. The minimum absolute atomic E-state index is 0.154. The van der Waals surface area contributed by atoms with Crippen molar-refractivity contribution in [3.63, 3.8) is 0 Å². The van der Waals surface area contributed by atoms with Crippen LogP contribution in [0, 0.1) is 6.92 Å². The Morgan fingerprint density at radius 1 is 1.15 bits per heavy atom. The molecule has 0 unspecified atom stereocenters. The quantitative estimate of drug-likeness (QED) is 0.377. The van der Waals surface area contributed by atoms with Gasteiger partial charge in [-0.15, -0.1) is 22.7 Å². The molecule has 0 aliphatic carbocycles. The van der Waals surface area contributed by atoms with Crippen LogP contribution < -0.4 is 0 Å². The number of aromatic nitrogens is 1. The van der Waals surface area contributed by atoms with Crippen molar-refractivity contribution in [1.82, 2.24) is 14.8 Å². The van der Waals surface area contributed by atoms with Crippen LogP contribution in [0.1, 0.15) is 46.6 Å². The van der Waals surface area contributed by atoms with E-state index in [1.165, 1.54) is 22.7 Å². The molecule has 178 valence electrons. The molecule has 3 heterocycles. The normalized spacial score (nSPS) is 16.2. The van der Waals surface area contributed by atoms with E-state index in [2.05, 4.69) is 23.7 Å². The van der Waals surface area contributed by atoms with Gasteiger partial charge in [0.25, 0.3) is 5.91 Å². The minimum Gasteiger partial charge on any atom is -0.503 e. The first-order valence-electron chi connectivity index (χ1n) is 11.5. The Morgan fingerprint density at radius 2 is 1.88 bits per heavy atom. The predicted octanol–water partition coefficient (Wildman–Crippen LogP) is 5.49. The standard InChI is InChI=1S/C26H29N3O3S2/c1-4-28(5-2)14-10-15-29-21(19-13-9-16-33-19)20(23(31)26(29)32)22(30)24-17(3)27-25(34-24)18-11-7-6-8-12-18/h6-9,11-13,16,21,31H,4-5,10,14-15H2,1-3H3/t21-/m0/s1. The second-order valence-electron chi connectivity index (χ2n) is 8.19. The van der Waals surface area contributed by atoms with Crippen molar-refractivity contribution in [3.8, 4) is 10.6 Å². The number of Topliss-reactive ketones (excluding diaryl/α,β-unsaturated/α-hetero) is 1. The van der Waals surface area contributed by atoms with Crippen molar-refractivity contribution in [2.45, 2.75) is 33.2 Å². The molecule has 0 bridgehead atoms. The van der Waals surface area contributed by atoms with Crippen molar-refractivity contribution >= 4 is 34.4 Å². The van der Waals surface area contributed by atoms with Crippen molar-refractivity contribution in [2.75, 3.05) is 26.2 Å². The molecule has 1 aromatic carbocycles. The Morgan fingerprint density at radius 3 is 2.53 bits per heavy atom. The van der Waals surface area contributed by atoms with Crippen molar-refractivity contribution < 1.29 is 14.7 Å². The van der Waals surface area contributed by atoms with E-state index >= 15 is 0 Å². The highest BCUT2D eigenvalue weighted by molar-refractivity contribution is 7.17. The predicted molar refractivity (Wildman–Crippen MR) is 137 cm³/mol. The fourth-order valence-electron chi connectivity index (χ4n) is 4.30. The number of hydrogen-bond acceptors (Lipinski definition) is 7. The van der Waals surface area contributed by atoms with Gasteiger partial charge in [0.05, 0.1) is 22.2 Å². The molecule has 1 aliphatic heterocycles. The molecule has 0 spiro atoms. The largest absolute Gasteiger partial charge is 0.503 e. The third-order valence-electron chi connectivity index (χ3n) is 6.15. The van der Waals surface area contributed by atoms with Gasteiger partial charge in [-0.2, -0.15) is 0 Å². The fourth-order valence-corrected chi connectivity index (χ4v) is 6.17. The molecular weight excluding hydrogens is 466 g/mol. The summed E-state index contributed by atoms with van der Waals surface area (Å²) in [5, 5.41) is 13.6. The lowest BCUT2D eigenvalue weighted by molar-refractivity contribution is -0.129. The molecule has 0 fully saturated rings. The van der Waals surface area contributed by atoms with Crippen molar-refractivity contribution in [2.24, 2.45) is 0 Å². The van der Waals surface area contributed by atoms with Gasteiger partial charge in [0.15, 0.2) is 5.76 Å². The Kier molecular flexibility index (Phi) is 7.60. The number of ketones is 1. The number of thiazole rings is 1. The van der Waals surface area contributed by atoms with E-state index in [-0.39, 0.29) is 11.4 Å². The van der Waals surface area contributed by atoms with Crippen LogP contribution in [0.2, 0.25) is 0 Å². The molecule has 1 atom stereocenters. The van der Waals surface area contributed by atoms with Gasteiger partial charge in [-0.1, -0.05) is 50.2 Å². The molecule has 0 radical (unpaired) electrons. The van der Waals surface area contributed by atoms with Gasteiger partial charge in [-0.05, 0) is 44.4 Å². The summed E-state index contributed by atoms with van der Waals surface area (Å²) in [7, 11) is 0. The SMILES string of the molecule is CCN(CC)CCCN1C(=O)C(O)=C(C(=O)c2sc(-c3ccccc3)nc2C)[C@@H]1c1cccs1. The van der Waals surface area contributed by atoms with E-state index in [1.54, 1.807) is 11.8 Å². The fraction of sp³-hybridized carbons (Fsp3) is 0.346. The van der Waals surface area contributed by atoms with E-state index in [4.69, 9.17) is 0 Å². The average Bonchev–Trinajstić information content (AvgIpc) is 3.57. The lowest BCUT2D eigenvalue weighted by Gasteiger charge is -2.27. The number of hydrogen-bond donors (Lipinski definition) is 1.